The summed E-state index contributed by atoms with van der Waals surface area (Å²) in [6.45, 7) is 6.77. The predicted molar refractivity (Wildman–Crippen MR) is 137 cm³/mol. The molecule has 4 aromatic rings. The second kappa shape index (κ2) is 9.66. The van der Waals surface area contributed by atoms with Crippen LogP contribution in [0.1, 0.15) is 52.7 Å². The minimum atomic E-state index is -0.691. The van der Waals surface area contributed by atoms with Crippen LogP contribution in [-0.2, 0) is 6.54 Å². The van der Waals surface area contributed by atoms with E-state index in [1.807, 2.05) is 45.0 Å². The molecule has 7 nitrogen and oxygen atoms in total. The maximum absolute atomic E-state index is 13.8. The number of hydrogen-bond donors (Lipinski definition) is 0. The van der Waals surface area contributed by atoms with Crippen LogP contribution in [0.15, 0.2) is 64.1 Å². The molecule has 36 heavy (non-hydrogen) atoms. The summed E-state index contributed by atoms with van der Waals surface area (Å²) in [7, 11) is 0. The topological polar surface area (TPSA) is 81.9 Å². The summed E-state index contributed by atoms with van der Waals surface area (Å²) in [5.74, 6) is 0.814. The Morgan fingerprint density at radius 2 is 1.83 bits per heavy atom. The molecule has 0 radical (unpaired) electrons. The lowest BCUT2D eigenvalue weighted by Crippen LogP contribution is -2.29. The van der Waals surface area contributed by atoms with Gasteiger partial charge in [0.25, 0.3) is 5.91 Å². The molecule has 184 valence electrons. The maximum Gasteiger partial charge on any atom is 0.291 e. The number of amides is 1. The molecule has 0 saturated carbocycles. The fourth-order valence-electron chi connectivity index (χ4n) is 4.58. The van der Waals surface area contributed by atoms with Crippen LogP contribution < -0.4 is 14.9 Å². The van der Waals surface area contributed by atoms with E-state index in [1.54, 1.807) is 35.5 Å². The third kappa shape index (κ3) is 4.09. The molecular formula is C28H25ClN2O5. The molecule has 0 saturated heterocycles. The molecule has 1 amide bonds. The van der Waals surface area contributed by atoms with E-state index in [2.05, 4.69) is 4.98 Å². The first-order valence-corrected chi connectivity index (χ1v) is 12.2. The van der Waals surface area contributed by atoms with E-state index >= 15 is 0 Å². The van der Waals surface area contributed by atoms with Crippen molar-refractivity contribution < 1.29 is 18.7 Å². The number of hydrogen-bond acceptors (Lipinski definition) is 6. The Morgan fingerprint density at radius 3 is 2.56 bits per heavy atom. The Bertz CT molecular complexity index is 1520. The number of ether oxygens (including phenoxy) is 2. The van der Waals surface area contributed by atoms with E-state index in [-0.39, 0.29) is 29.2 Å². The molecule has 1 atom stereocenters. The lowest BCUT2D eigenvalue weighted by atomic mass is 9.97. The van der Waals surface area contributed by atoms with Gasteiger partial charge in [-0.25, -0.2) is 0 Å². The summed E-state index contributed by atoms with van der Waals surface area (Å²) in [5, 5.41) is 0.795. The second-order valence-electron chi connectivity index (χ2n) is 8.54. The minimum Gasteiger partial charge on any atom is -0.490 e. The normalized spacial score (nSPS) is 14.8. The molecule has 2 aromatic carbocycles. The number of benzene rings is 2. The number of aromatic nitrogens is 1. The van der Waals surface area contributed by atoms with Gasteiger partial charge in [0.05, 0.1) is 30.2 Å². The van der Waals surface area contributed by atoms with Gasteiger partial charge < -0.3 is 18.8 Å². The second-order valence-corrected chi connectivity index (χ2v) is 8.95. The molecule has 0 aliphatic carbocycles. The summed E-state index contributed by atoms with van der Waals surface area (Å²) in [6.07, 6.45) is 3.37. The Kier molecular flexibility index (Phi) is 6.41. The van der Waals surface area contributed by atoms with E-state index in [1.165, 1.54) is 0 Å². The van der Waals surface area contributed by atoms with Gasteiger partial charge in [0.1, 0.15) is 5.58 Å². The molecule has 2 aromatic heterocycles. The number of aryl methyl sites for hydroxylation is 1. The molecular weight excluding hydrogens is 480 g/mol. The minimum absolute atomic E-state index is 0.0370. The number of nitrogens with zero attached hydrogens (tertiary/aromatic N) is 2. The van der Waals surface area contributed by atoms with Gasteiger partial charge in [-0.3, -0.25) is 14.6 Å². The van der Waals surface area contributed by atoms with Crippen molar-refractivity contribution in [3.8, 4) is 11.5 Å². The fraction of sp³-hybridized carbons (Fsp3) is 0.250. The van der Waals surface area contributed by atoms with Gasteiger partial charge >= 0.3 is 0 Å². The highest BCUT2D eigenvalue weighted by molar-refractivity contribution is 6.32. The first kappa shape index (κ1) is 23.9. The van der Waals surface area contributed by atoms with Gasteiger partial charge in [0.15, 0.2) is 16.9 Å². The fourth-order valence-corrected chi connectivity index (χ4v) is 4.74. The smallest absolute Gasteiger partial charge is 0.291 e. The standard InChI is InChI=1S/C28H25ClN2O5/c1-4-34-21-9-8-18(12-23(21)35-5-2)25-24-26(32)19-13-20(29)16(3)11-22(19)36-27(24)28(33)31(25)15-17-7-6-10-30-14-17/h6-14,25H,4-5,15H2,1-3H3. The first-order chi connectivity index (χ1) is 17.4. The number of halogens is 1. The molecule has 8 heteroatoms. The van der Waals surface area contributed by atoms with Crippen LogP contribution >= 0.6 is 11.6 Å². The third-order valence-electron chi connectivity index (χ3n) is 6.21. The van der Waals surface area contributed by atoms with Crippen molar-refractivity contribution in [2.45, 2.75) is 33.4 Å². The van der Waals surface area contributed by atoms with Crippen LogP contribution in [-0.4, -0.2) is 29.0 Å². The summed E-state index contributed by atoms with van der Waals surface area (Å²) in [6, 6.07) is 11.8. The summed E-state index contributed by atoms with van der Waals surface area (Å²) in [4.78, 5) is 33.3. The highest BCUT2D eigenvalue weighted by Gasteiger charge is 2.43. The number of rotatable bonds is 7. The lowest BCUT2D eigenvalue weighted by Gasteiger charge is -2.26. The van der Waals surface area contributed by atoms with Crippen molar-refractivity contribution in [2.75, 3.05) is 13.2 Å². The van der Waals surface area contributed by atoms with Crippen LogP contribution in [0.3, 0.4) is 0 Å². The van der Waals surface area contributed by atoms with E-state index < -0.39 is 6.04 Å². The molecule has 1 unspecified atom stereocenters. The van der Waals surface area contributed by atoms with Crippen LogP contribution in [0.25, 0.3) is 11.0 Å². The Morgan fingerprint density at radius 1 is 1.06 bits per heavy atom. The number of fused-ring (bicyclic) bond motifs is 2. The molecule has 1 aliphatic heterocycles. The Labute approximate surface area is 213 Å². The van der Waals surface area contributed by atoms with Gasteiger partial charge in [-0.15, -0.1) is 0 Å². The van der Waals surface area contributed by atoms with Gasteiger partial charge in [0.2, 0.25) is 5.76 Å². The summed E-state index contributed by atoms with van der Waals surface area (Å²) < 4.78 is 17.6. The van der Waals surface area contributed by atoms with Crippen molar-refractivity contribution >= 4 is 28.5 Å². The van der Waals surface area contributed by atoms with Crippen molar-refractivity contribution in [3.63, 3.8) is 0 Å². The molecule has 0 bridgehead atoms. The van der Waals surface area contributed by atoms with Gasteiger partial charge in [-0.2, -0.15) is 0 Å². The van der Waals surface area contributed by atoms with Crippen LogP contribution in [0.5, 0.6) is 11.5 Å². The third-order valence-corrected chi connectivity index (χ3v) is 6.61. The van der Waals surface area contributed by atoms with Gasteiger partial charge in [0, 0.05) is 24.0 Å². The lowest BCUT2D eigenvalue weighted by molar-refractivity contribution is 0.0714. The monoisotopic (exact) mass is 504 g/mol. The van der Waals surface area contributed by atoms with Crippen LogP contribution in [0.4, 0.5) is 0 Å². The molecule has 0 N–H and O–H groups in total. The number of pyridine rings is 1. The van der Waals surface area contributed by atoms with E-state index in [4.69, 9.17) is 25.5 Å². The van der Waals surface area contributed by atoms with Crippen molar-refractivity contribution in [2.24, 2.45) is 0 Å². The SMILES string of the molecule is CCOc1ccc(C2c3c(oc4cc(C)c(Cl)cc4c3=O)C(=O)N2Cc2cccnc2)cc1OCC. The molecule has 0 spiro atoms. The maximum atomic E-state index is 13.8. The van der Waals surface area contributed by atoms with E-state index in [0.29, 0.717) is 46.3 Å². The van der Waals surface area contributed by atoms with Crippen LogP contribution in [0.2, 0.25) is 5.02 Å². The zero-order chi connectivity index (χ0) is 25.4. The average Bonchev–Trinajstić information content (AvgIpc) is 3.14. The quantitative estimate of drug-likeness (QED) is 0.321. The zero-order valence-electron chi connectivity index (χ0n) is 20.2. The Hall–Kier alpha value is -3.84. The van der Waals surface area contributed by atoms with E-state index in [9.17, 15) is 9.59 Å². The molecule has 1 aliphatic rings. The molecule has 0 fully saturated rings. The number of carbonyl (C=O) groups excluding carboxylic acids is 1. The highest BCUT2D eigenvalue weighted by Crippen LogP contribution is 2.42. The van der Waals surface area contributed by atoms with E-state index in [0.717, 1.165) is 11.1 Å². The first-order valence-electron chi connectivity index (χ1n) is 11.8. The van der Waals surface area contributed by atoms with Gasteiger partial charge in [-0.05, 0) is 67.8 Å². The predicted octanol–water partition coefficient (Wildman–Crippen LogP) is 5.69. The summed E-state index contributed by atoms with van der Waals surface area (Å²) in [5.41, 5.74) is 2.63. The largest absolute Gasteiger partial charge is 0.490 e. The highest BCUT2D eigenvalue weighted by atomic mass is 35.5. The molecule has 5 rings (SSSR count). The summed E-state index contributed by atoms with van der Waals surface area (Å²) >= 11 is 6.34. The Balaban J connectivity index is 1.73. The van der Waals surface area contributed by atoms with Crippen molar-refractivity contribution in [1.82, 2.24) is 9.88 Å². The van der Waals surface area contributed by atoms with Crippen LogP contribution in [0, 0.1) is 6.92 Å². The van der Waals surface area contributed by atoms with Gasteiger partial charge in [-0.1, -0.05) is 23.7 Å². The zero-order valence-corrected chi connectivity index (χ0v) is 21.0. The van der Waals surface area contributed by atoms with Crippen molar-refractivity contribution in [1.29, 1.82) is 0 Å². The molecule has 3 heterocycles. The number of carbonyl (C=O) groups is 1. The van der Waals surface area contributed by atoms with Crippen molar-refractivity contribution in [3.05, 3.63) is 98.1 Å². The average molecular weight is 505 g/mol.